The van der Waals surface area contributed by atoms with E-state index >= 15 is 0 Å². The van der Waals surface area contributed by atoms with E-state index in [1.165, 1.54) is 6.07 Å². The van der Waals surface area contributed by atoms with Crippen LogP contribution >= 0.6 is 0 Å². The van der Waals surface area contributed by atoms with Gasteiger partial charge in [0, 0.05) is 11.6 Å². The standard InChI is InChI=1S/C17H13NO2/c19-17-12-6-10-15(18-17)14-9-4-5-11-16(14)20-13-7-2-1-3-8-13/h1-12H,(H,18,19). The lowest BCUT2D eigenvalue weighted by atomic mass is 10.1. The lowest BCUT2D eigenvalue weighted by molar-refractivity contribution is 0.484. The summed E-state index contributed by atoms with van der Waals surface area (Å²) in [6.45, 7) is 0. The Hall–Kier alpha value is -2.81. The summed E-state index contributed by atoms with van der Waals surface area (Å²) in [6, 6.07) is 22.3. The average Bonchev–Trinajstić information content (AvgIpc) is 2.49. The van der Waals surface area contributed by atoms with Crippen LogP contribution in [0.25, 0.3) is 11.3 Å². The number of hydrogen-bond donors (Lipinski definition) is 1. The van der Waals surface area contributed by atoms with Crippen LogP contribution in [0.1, 0.15) is 0 Å². The predicted octanol–water partition coefficient (Wildman–Crippen LogP) is 3.83. The zero-order valence-corrected chi connectivity index (χ0v) is 10.7. The summed E-state index contributed by atoms with van der Waals surface area (Å²) in [5.41, 5.74) is 1.47. The van der Waals surface area contributed by atoms with Gasteiger partial charge in [0.1, 0.15) is 11.5 Å². The Morgan fingerprint density at radius 2 is 1.50 bits per heavy atom. The van der Waals surface area contributed by atoms with Crippen molar-refractivity contribution in [3.8, 4) is 22.8 Å². The first kappa shape index (κ1) is 12.2. The molecule has 3 rings (SSSR count). The minimum atomic E-state index is -0.128. The number of aromatic nitrogens is 1. The number of rotatable bonds is 3. The smallest absolute Gasteiger partial charge is 0.248 e. The van der Waals surface area contributed by atoms with Gasteiger partial charge in [-0.25, -0.2) is 0 Å². The van der Waals surface area contributed by atoms with Crippen molar-refractivity contribution >= 4 is 0 Å². The Morgan fingerprint density at radius 1 is 0.750 bits per heavy atom. The van der Waals surface area contributed by atoms with Crippen molar-refractivity contribution in [2.75, 3.05) is 0 Å². The molecule has 3 heteroatoms. The first-order valence-corrected chi connectivity index (χ1v) is 6.34. The van der Waals surface area contributed by atoms with Gasteiger partial charge in [-0.3, -0.25) is 4.79 Å². The van der Waals surface area contributed by atoms with Crippen LogP contribution in [0.2, 0.25) is 0 Å². The molecule has 0 aliphatic carbocycles. The minimum Gasteiger partial charge on any atom is -0.457 e. The summed E-state index contributed by atoms with van der Waals surface area (Å²) in [7, 11) is 0. The monoisotopic (exact) mass is 263 g/mol. The molecule has 0 saturated carbocycles. The topological polar surface area (TPSA) is 42.1 Å². The Bertz CT molecular complexity index is 763. The van der Waals surface area contributed by atoms with Crippen LogP contribution in [0.15, 0.2) is 77.6 Å². The van der Waals surface area contributed by atoms with Crippen molar-refractivity contribution < 1.29 is 4.74 Å². The van der Waals surface area contributed by atoms with Gasteiger partial charge in [0.25, 0.3) is 0 Å². The summed E-state index contributed by atoms with van der Waals surface area (Å²) < 4.78 is 5.88. The fraction of sp³-hybridized carbons (Fsp3) is 0. The lowest BCUT2D eigenvalue weighted by Crippen LogP contribution is -2.03. The largest absolute Gasteiger partial charge is 0.457 e. The highest BCUT2D eigenvalue weighted by molar-refractivity contribution is 5.67. The normalized spacial score (nSPS) is 10.2. The molecule has 2 aromatic carbocycles. The van der Waals surface area contributed by atoms with Gasteiger partial charge in [-0.15, -0.1) is 0 Å². The van der Waals surface area contributed by atoms with Crippen molar-refractivity contribution in [3.05, 3.63) is 83.2 Å². The van der Waals surface area contributed by atoms with Crippen molar-refractivity contribution in [2.45, 2.75) is 0 Å². The minimum absolute atomic E-state index is 0.128. The van der Waals surface area contributed by atoms with Crippen LogP contribution in [0, 0.1) is 0 Å². The Kier molecular flexibility index (Phi) is 3.33. The second kappa shape index (κ2) is 5.45. The van der Waals surface area contributed by atoms with Crippen LogP contribution in [-0.4, -0.2) is 4.98 Å². The number of nitrogens with one attached hydrogen (secondary N) is 1. The van der Waals surface area contributed by atoms with Gasteiger partial charge in [-0.05, 0) is 30.3 Å². The molecule has 98 valence electrons. The van der Waals surface area contributed by atoms with E-state index in [4.69, 9.17) is 4.74 Å². The molecular formula is C17H13NO2. The van der Waals surface area contributed by atoms with Gasteiger partial charge < -0.3 is 9.72 Å². The quantitative estimate of drug-likeness (QED) is 0.780. The highest BCUT2D eigenvalue weighted by atomic mass is 16.5. The molecular weight excluding hydrogens is 250 g/mol. The highest BCUT2D eigenvalue weighted by Crippen LogP contribution is 2.31. The van der Waals surface area contributed by atoms with Gasteiger partial charge in [0.05, 0.1) is 5.69 Å². The summed E-state index contributed by atoms with van der Waals surface area (Å²) in [5, 5.41) is 0. The maximum Gasteiger partial charge on any atom is 0.248 e. The molecule has 0 aliphatic rings. The molecule has 0 aliphatic heterocycles. The van der Waals surface area contributed by atoms with Crippen LogP contribution in [-0.2, 0) is 0 Å². The van der Waals surface area contributed by atoms with Crippen molar-refractivity contribution in [1.82, 2.24) is 4.98 Å². The number of H-pyrrole nitrogens is 1. The van der Waals surface area contributed by atoms with E-state index in [-0.39, 0.29) is 5.56 Å². The van der Waals surface area contributed by atoms with E-state index in [0.29, 0.717) is 5.75 Å². The molecule has 3 nitrogen and oxygen atoms in total. The molecule has 0 bridgehead atoms. The second-order valence-corrected chi connectivity index (χ2v) is 4.34. The Morgan fingerprint density at radius 3 is 2.30 bits per heavy atom. The van der Waals surface area contributed by atoms with Crippen LogP contribution in [0.5, 0.6) is 11.5 Å². The number of para-hydroxylation sites is 2. The fourth-order valence-corrected chi connectivity index (χ4v) is 2.00. The molecule has 1 heterocycles. The third kappa shape index (κ3) is 2.62. The number of aromatic amines is 1. The zero-order valence-electron chi connectivity index (χ0n) is 10.7. The first-order valence-electron chi connectivity index (χ1n) is 6.34. The van der Waals surface area contributed by atoms with E-state index in [2.05, 4.69) is 4.98 Å². The zero-order chi connectivity index (χ0) is 13.8. The molecule has 0 radical (unpaired) electrons. The molecule has 0 amide bonds. The van der Waals surface area contributed by atoms with Gasteiger partial charge in [0.15, 0.2) is 0 Å². The molecule has 0 fully saturated rings. The third-order valence-corrected chi connectivity index (χ3v) is 2.92. The van der Waals surface area contributed by atoms with E-state index in [0.717, 1.165) is 17.0 Å². The molecule has 0 spiro atoms. The van der Waals surface area contributed by atoms with Crippen molar-refractivity contribution in [3.63, 3.8) is 0 Å². The molecule has 20 heavy (non-hydrogen) atoms. The number of ether oxygens (including phenoxy) is 1. The van der Waals surface area contributed by atoms with Gasteiger partial charge in [-0.1, -0.05) is 36.4 Å². The Balaban J connectivity index is 2.03. The molecule has 3 aromatic rings. The number of pyridine rings is 1. The van der Waals surface area contributed by atoms with Crippen molar-refractivity contribution in [1.29, 1.82) is 0 Å². The summed E-state index contributed by atoms with van der Waals surface area (Å²) >= 11 is 0. The van der Waals surface area contributed by atoms with Crippen LogP contribution in [0.4, 0.5) is 0 Å². The maximum absolute atomic E-state index is 11.4. The molecule has 0 atom stereocenters. The van der Waals surface area contributed by atoms with Gasteiger partial charge in [0.2, 0.25) is 5.56 Å². The summed E-state index contributed by atoms with van der Waals surface area (Å²) in [4.78, 5) is 14.3. The SMILES string of the molecule is O=c1cccc(-c2ccccc2Oc2ccccc2)[nH]1. The fourth-order valence-electron chi connectivity index (χ4n) is 2.00. The molecule has 1 N–H and O–H groups in total. The second-order valence-electron chi connectivity index (χ2n) is 4.34. The van der Waals surface area contributed by atoms with Crippen LogP contribution in [0.3, 0.4) is 0 Å². The first-order chi connectivity index (χ1) is 9.83. The van der Waals surface area contributed by atoms with E-state index in [1.54, 1.807) is 6.07 Å². The lowest BCUT2D eigenvalue weighted by Gasteiger charge is -2.10. The van der Waals surface area contributed by atoms with E-state index in [9.17, 15) is 4.79 Å². The molecule has 1 aromatic heterocycles. The van der Waals surface area contributed by atoms with E-state index in [1.807, 2.05) is 60.7 Å². The average molecular weight is 263 g/mol. The Labute approximate surface area is 116 Å². The number of hydrogen-bond acceptors (Lipinski definition) is 2. The van der Waals surface area contributed by atoms with Gasteiger partial charge >= 0.3 is 0 Å². The number of benzene rings is 2. The summed E-state index contributed by atoms with van der Waals surface area (Å²) in [5.74, 6) is 1.47. The van der Waals surface area contributed by atoms with Gasteiger partial charge in [-0.2, -0.15) is 0 Å². The van der Waals surface area contributed by atoms with E-state index < -0.39 is 0 Å². The van der Waals surface area contributed by atoms with Crippen LogP contribution < -0.4 is 10.3 Å². The summed E-state index contributed by atoms with van der Waals surface area (Å²) in [6.07, 6.45) is 0. The molecule has 0 unspecified atom stereocenters. The highest BCUT2D eigenvalue weighted by Gasteiger charge is 2.07. The van der Waals surface area contributed by atoms with Crippen molar-refractivity contribution in [2.24, 2.45) is 0 Å². The predicted molar refractivity (Wildman–Crippen MR) is 79.0 cm³/mol. The third-order valence-electron chi connectivity index (χ3n) is 2.92. The molecule has 0 saturated heterocycles. The maximum atomic E-state index is 11.4.